The Morgan fingerprint density at radius 3 is 2.88 bits per heavy atom. The Morgan fingerprint density at radius 1 is 1.31 bits per heavy atom. The second-order valence-electron chi connectivity index (χ2n) is 3.42. The van der Waals surface area contributed by atoms with Crippen molar-refractivity contribution in [1.29, 1.82) is 0 Å². The van der Waals surface area contributed by atoms with Crippen molar-refractivity contribution in [3.05, 3.63) is 52.6 Å². The van der Waals surface area contributed by atoms with Crippen molar-refractivity contribution < 1.29 is 4.39 Å². The van der Waals surface area contributed by atoms with Gasteiger partial charge in [-0.1, -0.05) is 17.7 Å². The highest BCUT2D eigenvalue weighted by Crippen LogP contribution is 2.14. The number of aromatic nitrogens is 2. The summed E-state index contributed by atoms with van der Waals surface area (Å²) in [6.45, 7) is 1.09. The van der Waals surface area contributed by atoms with E-state index in [-0.39, 0.29) is 5.82 Å². The predicted molar refractivity (Wildman–Crippen MR) is 60.5 cm³/mol. The maximum Gasteiger partial charge on any atom is 0.129 e. The molecule has 0 bridgehead atoms. The van der Waals surface area contributed by atoms with Gasteiger partial charge in [0.15, 0.2) is 0 Å². The number of H-pyrrole nitrogens is 1. The van der Waals surface area contributed by atoms with E-state index in [0.717, 1.165) is 5.69 Å². The van der Waals surface area contributed by atoms with Gasteiger partial charge in [-0.3, -0.25) is 5.10 Å². The predicted octanol–water partition coefficient (Wildman–Crippen LogP) is 2.49. The van der Waals surface area contributed by atoms with E-state index in [2.05, 4.69) is 15.5 Å². The largest absolute Gasteiger partial charge is 0.307 e. The number of hydrogen-bond donors (Lipinski definition) is 2. The average Bonchev–Trinajstić information content (AvgIpc) is 2.74. The zero-order valence-corrected chi connectivity index (χ0v) is 9.26. The Hall–Kier alpha value is -1.39. The molecule has 0 radical (unpaired) electrons. The fraction of sp³-hybridized carbons (Fsp3) is 0.182. The lowest BCUT2D eigenvalue weighted by Gasteiger charge is -2.05. The summed E-state index contributed by atoms with van der Waals surface area (Å²) in [6, 6.07) is 6.54. The summed E-state index contributed by atoms with van der Waals surface area (Å²) < 4.78 is 13.4. The fourth-order valence-electron chi connectivity index (χ4n) is 1.38. The van der Waals surface area contributed by atoms with Gasteiger partial charge in [-0.05, 0) is 18.2 Å². The summed E-state index contributed by atoms with van der Waals surface area (Å²) in [5, 5.41) is 10.2. The van der Waals surface area contributed by atoms with Gasteiger partial charge in [-0.15, -0.1) is 0 Å². The molecule has 0 amide bonds. The third-order valence-corrected chi connectivity index (χ3v) is 2.44. The molecule has 0 aliphatic heterocycles. The lowest BCUT2D eigenvalue weighted by Crippen LogP contribution is -2.13. The average molecular weight is 240 g/mol. The molecule has 16 heavy (non-hydrogen) atoms. The molecule has 0 fully saturated rings. The van der Waals surface area contributed by atoms with E-state index >= 15 is 0 Å². The van der Waals surface area contributed by atoms with Gasteiger partial charge >= 0.3 is 0 Å². The summed E-state index contributed by atoms with van der Waals surface area (Å²) in [5.41, 5.74) is 1.57. The third kappa shape index (κ3) is 2.81. The highest BCUT2D eigenvalue weighted by atomic mass is 35.5. The molecule has 2 N–H and O–H groups in total. The molecule has 0 atom stereocenters. The lowest BCUT2D eigenvalue weighted by atomic mass is 10.2. The Kier molecular flexibility index (Phi) is 3.54. The second-order valence-corrected chi connectivity index (χ2v) is 3.86. The summed E-state index contributed by atoms with van der Waals surface area (Å²) in [6.07, 6.45) is 1.68. The van der Waals surface area contributed by atoms with E-state index in [9.17, 15) is 4.39 Å². The molecule has 0 aliphatic carbocycles. The summed E-state index contributed by atoms with van der Waals surface area (Å²) in [7, 11) is 0. The van der Waals surface area contributed by atoms with E-state index in [1.54, 1.807) is 18.3 Å². The Bertz CT molecular complexity index is 456. The zero-order chi connectivity index (χ0) is 11.4. The van der Waals surface area contributed by atoms with Crippen LogP contribution in [0.15, 0.2) is 30.5 Å². The molecule has 0 spiro atoms. The first kappa shape index (κ1) is 11.1. The second kappa shape index (κ2) is 5.09. The maximum atomic E-state index is 13.4. The molecule has 3 nitrogen and oxygen atoms in total. The monoisotopic (exact) mass is 239 g/mol. The molecule has 2 rings (SSSR count). The van der Waals surface area contributed by atoms with E-state index < -0.39 is 0 Å². The zero-order valence-electron chi connectivity index (χ0n) is 8.50. The van der Waals surface area contributed by atoms with Crippen LogP contribution in [-0.4, -0.2) is 10.2 Å². The lowest BCUT2D eigenvalue weighted by molar-refractivity contribution is 0.585. The minimum absolute atomic E-state index is 0.287. The van der Waals surface area contributed by atoms with Gasteiger partial charge in [-0.2, -0.15) is 5.10 Å². The molecule has 0 unspecified atom stereocenters. The van der Waals surface area contributed by atoms with E-state index in [0.29, 0.717) is 23.7 Å². The van der Waals surface area contributed by atoms with Gasteiger partial charge in [0.2, 0.25) is 0 Å². The van der Waals surface area contributed by atoms with Crippen LogP contribution in [0.3, 0.4) is 0 Å². The Labute approximate surface area is 97.6 Å². The number of benzene rings is 1. The molecular weight excluding hydrogens is 229 g/mol. The van der Waals surface area contributed by atoms with Crippen molar-refractivity contribution in [3.63, 3.8) is 0 Å². The summed E-state index contributed by atoms with van der Waals surface area (Å²) in [4.78, 5) is 0. The van der Waals surface area contributed by atoms with Gasteiger partial charge in [0.25, 0.3) is 0 Å². The topological polar surface area (TPSA) is 40.7 Å². The number of rotatable bonds is 4. The normalized spacial score (nSPS) is 10.6. The van der Waals surface area contributed by atoms with Crippen LogP contribution >= 0.6 is 11.6 Å². The van der Waals surface area contributed by atoms with E-state index in [4.69, 9.17) is 11.6 Å². The van der Waals surface area contributed by atoms with Crippen molar-refractivity contribution in [3.8, 4) is 0 Å². The number of aromatic amines is 1. The molecule has 5 heteroatoms. The first-order valence-electron chi connectivity index (χ1n) is 4.88. The van der Waals surface area contributed by atoms with Crippen LogP contribution in [0.1, 0.15) is 11.3 Å². The van der Waals surface area contributed by atoms with Crippen LogP contribution in [0.2, 0.25) is 5.02 Å². The van der Waals surface area contributed by atoms with Crippen molar-refractivity contribution in [2.75, 3.05) is 0 Å². The molecule has 0 aliphatic rings. The van der Waals surface area contributed by atoms with Crippen LogP contribution < -0.4 is 5.32 Å². The minimum Gasteiger partial charge on any atom is -0.307 e. The van der Waals surface area contributed by atoms with Crippen LogP contribution in [0, 0.1) is 5.82 Å². The van der Waals surface area contributed by atoms with Crippen molar-refractivity contribution in [2.24, 2.45) is 0 Å². The highest BCUT2D eigenvalue weighted by Gasteiger charge is 2.02. The molecule has 0 saturated carbocycles. The third-order valence-electron chi connectivity index (χ3n) is 2.20. The smallest absolute Gasteiger partial charge is 0.129 e. The van der Waals surface area contributed by atoms with E-state index in [1.807, 2.05) is 6.07 Å². The Balaban J connectivity index is 1.90. The van der Waals surface area contributed by atoms with Gasteiger partial charge < -0.3 is 5.32 Å². The summed E-state index contributed by atoms with van der Waals surface area (Å²) >= 11 is 5.66. The maximum absolute atomic E-state index is 13.4. The molecule has 0 saturated heterocycles. The van der Waals surface area contributed by atoms with Crippen LogP contribution in [0.4, 0.5) is 4.39 Å². The fourth-order valence-corrected chi connectivity index (χ4v) is 1.54. The van der Waals surface area contributed by atoms with Gasteiger partial charge in [0, 0.05) is 35.6 Å². The molecule has 2 aromatic rings. The van der Waals surface area contributed by atoms with Crippen LogP contribution in [-0.2, 0) is 13.1 Å². The molecule has 84 valence electrons. The van der Waals surface area contributed by atoms with Crippen molar-refractivity contribution >= 4 is 11.6 Å². The molecule has 1 aromatic heterocycles. The first-order valence-corrected chi connectivity index (χ1v) is 5.26. The number of nitrogens with one attached hydrogen (secondary N) is 2. The SMILES string of the molecule is Fc1cc(Cl)ccc1CNCc1ccn[nH]1. The van der Waals surface area contributed by atoms with Gasteiger partial charge in [0.05, 0.1) is 0 Å². The minimum atomic E-state index is -0.287. The highest BCUT2D eigenvalue weighted by molar-refractivity contribution is 6.30. The Morgan fingerprint density at radius 2 is 2.19 bits per heavy atom. The quantitative estimate of drug-likeness (QED) is 0.861. The first-order chi connectivity index (χ1) is 7.75. The van der Waals surface area contributed by atoms with Crippen LogP contribution in [0.25, 0.3) is 0 Å². The van der Waals surface area contributed by atoms with Gasteiger partial charge in [-0.25, -0.2) is 4.39 Å². The molecule has 1 aromatic carbocycles. The molecular formula is C11H11ClFN3. The number of hydrogen-bond acceptors (Lipinski definition) is 2. The number of halogens is 2. The molecule has 1 heterocycles. The standard InChI is InChI=1S/C11H11ClFN3/c12-9-2-1-8(11(13)5-9)6-14-7-10-3-4-15-16-10/h1-5,14H,6-7H2,(H,15,16). The van der Waals surface area contributed by atoms with Crippen molar-refractivity contribution in [1.82, 2.24) is 15.5 Å². The van der Waals surface area contributed by atoms with Crippen molar-refractivity contribution in [2.45, 2.75) is 13.1 Å². The van der Waals surface area contributed by atoms with Gasteiger partial charge in [0.1, 0.15) is 5.82 Å². The van der Waals surface area contributed by atoms with Crippen LogP contribution in [0.5, 0.6) is 0 Å². The summed E-state index contributed by atoms with van der Waals surface area (Å²) in [5.74, 6) is -0.287. The van der Waals surface area contributed by atoms with E-state index in [1.165, 1.54) is 6.07 Å². The number of nitrogens with zero attached hydrogens (tertiary/aromatic N) is 1.